The number of nitrogens with one attached hydrogen (secondary N) is 1. The second kappa shape index (κ2) is 5.55. The molecule has 0 spiro atoms. The van der Waals surface area contributed by atoms with Gasteiger partial charge in [-0.3, -0.25) is 4.79 Å². The van der Waals surface area contributed by atoms with E-state index >= 15 is 0 Å². The van der Waals surface area contributed by atoms with Crippen LogP contribution in [-0.4, -0.2) is 20.5 Å². The van der Waals surface area contributed by atoms with Crippen LogP contribution in [-0.2, 0) is 9.84 Å². The van der Waals surface area contributed by atoms with E-state index in [1.54, 1.807) is 24.3 Å². The number of fused-ring (bicyclic) bond motifs is 1. The summed E-state index contributed by atoms with van der Waals surface area (Å²) in [6.07, 6.45) is 1.24. The van der Waals surface area contributed by atoms with E-state index in [2.05, 4.69) is 4.98 Å². The highest BCUT2D eigenvalue weighted by molar-refractivity contribution is 7.91. The molecule has 0 bridgehead atoms. The standard InChI is InChI=1S/C17H15NO4S/c1-11-6-7-15-14(8-11)17(19)16(10-18-15)23(20,21)13-5-3-4-12(9-13)22-2/h3-10H,1-2H3,(H,18,19). The van der Waals surface area contributed by atoms with Crippen molar-refractivity contribution in [3.63, 3.8) is 0 Å². The van der Waals surface area contributed by atoms with E-state index in [9.17, 15) is 13.2 Å². The van der Waals surface area contributed by atoms with Crippen molar-refractivity contribution >= 4 is 20.7 Å². The summed E-state index contributed by atoms with van der Waals surface area (Å²) in [5, 5.41) is 0.356. The second-order valence-electron chi connectivity index (χ2n) is 5.21. The maximum Gasteiger partial charge on any atom is 0.212 e. The molecular formula is C17H15NO4S. The summed E-state index contributed by atoms with van der Waals surface area (Å²) in [6.45, 7) is 1.85. The van der Waals surface area contributed by atoms with Crippen LogP contribution in [0.4, 0.5) is 0 Å². The molecule has 2 aromatic carbocycles. The molecule has 5 nitrogen and oxygen atoms in total. The van der Waals surface area contributed by atoms with Gasteiger partial charge in [-0.1, -0.05) is 17.7 Å². The highest BCUT2D eigenvalue weighted by atomic mass is 32.2. The summed E-state index contributed by atoms with van der Waals surface area (Å²) in [5.74, 6) is 0.416. The Kier molecular flexibility index (Phi) is 3.69. The van der Waals surface area contributed by atoms with E-state index in [1.807, 2.05) is 13.0 Å². The smallest absolute Gasteiger partial charge is 0.212 e. The van der Waals surface area contributed by atoms with Crippen LogP contribution in [0.1, 0.15) is 5.56 Å². The SMILES string of the molecule is COc1cccc(S(=O)(=O)c2c[nH]c3ccc(C)cc3c2=O)c1. The molecule has 1 aromatic heterocycles. The Labute approximate surface area is 133 Å². The third kappa shape index (κ3) is 2.61. The first-order chi connectivity index (χ1) is 10.9. The van der Waals surface area contributed by atoms with Crippen molar-refractivity contribution in [2.45, 2.75) is 16.7 Å². The molecule has 0 fully saturated rings. The van der Waals surface area contributed by atoms with Gasteiger partial charge >= 0.3 is 0 Å². The van der Waals surface area contributed by atoms with Crippen molar-refractivity contribution in [2.75, 3.05) is 7.11 Å². The second-order valence-corrected chi connectivity index (χ2v) is 7.13. The Bertz CT molecular complexity index is 1050. The highest BCUT2D eigenvalue weighted by Gasteiger charge is 2.23. The van der Waals surface area contributed by atoms with Crippen LogP contribution in [0.2, 0.25) is 0 Å². The van der Waals surface area contributed by atoms with Crippen molar-refractivity contribution in [2.24, 2.45) is 0 Å². The highest BCUT2D eigenvalue weighted by Crippen LogP contribution is 2.23. The van der Waals surface area contributed by atoms with Gasteiger partial charge in [-0.25, -0.2) is 8.42 Å². The van der Waals surface area contributed by atoms with Gasteiger partial charge < -0.3 is 9.72 Å². The zero-order valence-corrected chi connectivity index (χ0v) is 13.5. The number of aryl methyl sites for hydroxylation is 1. The molecule has 118 valence electrons. The van der Waals surface area contributed by atoms with E-state index in [0.717, 1.165) is 5.56 Å². The minimum absolute atomic E-state index is 0.0225. The lowest BCUT2D eigenvalue weighted by Gasteiger charge is -2.07. The van der Waals surface area contributed by atoms with Gasteiger partial charge in [-0.2, -0.15) is 0 Å². The van der Waals surface area contributed by atoms with E-state index < -0.39 is 15.3 Å². The number of benzene rings is 2. The fourth-order valence-electron chi connectivity index (χ4n) is 2.41. The number of rotatable bonds is 3. The third-order valence-corrected chi connectivity index (χ3v) is 5.40. The number of methoxy groups -OCH3 is 1. The summed E-state index contributed by atoms with van der Waals surface area (Å²) in [4.78, 5) is 15.3. The summed E-state index contributed by atoms with van der Waals surface area (Å²) < 4.78 is 30.6. The molecule has 0 aliphatic carbocycles. The van der Waals surface area contributed by atoms with Crippen LogP contribution in [0, 0.1) is 6.92 Å². The lowest BCUT2D eigenvalue weighted by Crippen LogP contribution is -2.16. The molecule has 3 rings (SSSR count). The molecule has 0 amide bonds. The fourth-order valence-corrected chi connectivity index (χ4v) is 3.76. The Morgan fingerprint density at radius 2 is 1.87 bits per heavy atom. The minimum Gasteiger partial charge on any atom is -0.497 e. The third-order valence-electron chi connectivity index (χ3n) is 3.64. The molecule has 6 heteroatoms. The zero-order valence-electron chi connectivity index (χ0n) is 12.7. The first-order valence-electron chi connectivity index (χ1n) is 6.94. The van der Waals surface area contributed by atoms with Crippen molar-refractivity contribution in [3.05, 3.63) is 64.4 Å². The molecule has 1 heterocycles. The van der Waals surface area contributed by atoms with Gasteiger partial charge in [0, 0.05) is 17.1 Å². The number of pyridine rings is 1. The van der Waals surface area contributed by atoms with Crippen LogP contribution < -0.4 is 10.2 Å². The molecule has 0 aliphatic heterocycles. The molecule has 3 aromatic rings. The maximum absolute atomic E-state index is 12.8. The van der Waals surface area contributed by atoms with Gasteiger partial charge in [0.15, 0.2) is 0 Å². The predicted octanol–water partition coefficient (Wildman–Crippen LogP) is 2.68. The number of sulfone groups is 1. The van der Waals surface area contributed by atoms with Gasteiger partial charge in [-0.05, 0) is 37.3 Å². The van der Waals surface area contributed by atoms with Crippen LogP contribution in [0.25, 0.3) is 10.9 Å². The zero-order chi connectivity index (χ0) is 16.6. The summed E-state index contributed by atoms with van der Waals surface area (Å²) >= 11 is 0. The first kappa shape index (κ1) is 15.3. The minimum atomic E-state index is -3.93. The molecule has 0 radical (unpaired) electrons. The number of aromatic nitrogens is 1. The van der Waals surface area contributed by atoms with Gasteiger partial charge in [-0.15, -0.1) is 0 Å². The molecule has 23 heavy (non-hydrogen) atoms. The maximum atomic E-state index is 12.8. The summed E-state index contributed by atoms with van der Waals surface area (Å²) in [5.41, 5.74) is 0.981. The first-order valence-corrected chi connectivity index (χ1v) is 8.43. The molecule has 0 unspecified atom stereocenters. The van der Waals surface area contributed by atoms with Gasteiger partial charge in [0.25, 0.3) is 0 Å². The topological polar surface area (TPSA) is 76.2 Å². The average molecular weight is 329 g/mol. The Morgan fingerprint density at radius 1 is 1.09 bits per heavy atom. The van der Waals surface area contributed by atoms with Gasteiger partial charge in [0.2, 0.25) is 15.3 Å². The largest absolute Gasteiger partial charge is 0.497 e. The lowest BCUT2D eigenvalue weighted by atomic mass is 10.1. The van der Waals surface area contributed by atoms with E-state index in [-0.39, 0.29) is 9.79 Å². The van der Waals surface area contributed by atoms with Crippen molar-refractivity contribution in [3.8, 4) is 5.75 Å². The van der Waals surface area contributed by atoms with Gasteiger partial charge in [0.05, 0.1) is 12.0 Å². The number of aromatic amines is 1. The molecule has 1 N–H and O–H groups in total. The average Bonchev–Trinajstić information content (AvgIpc) is 2.55. The lowest BCUT2D eigenvalue weighted by molar-refractivity contribution is 0.413. The molecule has 0 saturated heterocycles. The molecule has 0 aliphatic rings. The van der Waals surface area contributed by atoms with Crippen LogP contribution >= 0.6 is 0 Å². The molecular weight excluding hydrogens is 314 g/mol. The quantitative estimate of drug-likeness (QED) is 0.801. The molecule has 0 saturated carbocycles. The van der Waals surface area contributed by atoms with Crippen molar-refractivity contribution in [1.82, 2.24) is 4.98 Å². The summed E-state index contributed by atoms with van der Waals surface area (Å²) in [7, 11) is -2.47. The van der Waals surface area contributed by atoms with Gasteiger partial charge in [0.1, 0.15) is 10.6 Å². The fraction of sp³-hybridized carbons (Fsp3) is 0.118. The van der Waals surface area contributed by atoms with Crippen LogP contribution in [0.15, 0.2) is 63.2 Å². The molecule has 0 atom stereocenters. The Hall–Kier alpha value is -2.60. The number of ether oxygens (including phenoxy) is 1. The number of hydrogen-bond donors (Lipinski definition) is 1. The summed E-state index contributed by atoms with van der Waals surface area (Å²) in [6, 6.07) is 11.4. The van der Waals surface area contributed by atoms with E-state index in [0.29, 0.717) is 16.7 Å². The van der Waals surface area contributed by atoms with E-state index in [4.69, 9.17) is 4.74 Å². The predicted molar refractivity (Wildman–Crippen MR) is 87.8 cm³/mol. The Balaban J connectivity index is 2.26. The number of H-pyrrole nitrogens is 1. The normalized spacial score (nSPS) is 11.6. The van der Waals surface area contributed by atoms with Crippen LogP contribution in [0.5, 0.6) is 5.75 Å². The Morgan fingerprint density at radius 3 is 2.61 bits per heavy atom. The van der Waals surface area contributed by atoms with Crippen molar-refractivity contribution < 1.29 is 13.2 Å². The van der Waals surface area contributed by atoms with Crippen LogP contribution in [0.3, 0.4) is 0 Å². The number of hydrogen-bond acceptors (Lipinski definition) is 4. The van der Waals surface area contributed by atoms with E-state index in [1.165, 1.54) is 25.4 Å². The van der Waals surface area contributed by atoms with Crippen molar-refractivity contribution in [1.29, 1.82) is 0 Å². The monoisotopic (exact) mass is 329 g/mol.